The van der Waals surface area contributed by atoms with Crippen LogP contribution < -0.4 is 5.32 Å². The number of rotatable bonds is 2. The smallest absolute Gasteiger partial charge is 0.157 e. The SMILES string of the molecule is CC(NC1=NCC2(CCCC2)CS1)c1ccccc1F. The second-order valence-corrected chi connectivity index (χ2v) is 6.97. The van der Waals surface area contributed by atoms with E-state index in [2.05, 4.69) is 5.32 Å². The van der Waals surface area contributed by atoms with Gasteiger partial charge in [0.05, 0.1) is 6.04 Å². The summed E-state index contributed by atoms with van der Waals surface area (Å²) in [5, 5.41) is 4.33. The Morgan fingerprint density at radius 2 is 2.05 bits per heavy atom. The third-order valence-electron chi connectivity index (χ3n) is 4.45. The molecule has 3 rings (SSSR count). The molecular formula is C16H21FN2S. The fourth-order valence-corrected chi connectivity index (χ4v) is 4.40. The first kappa shape index (κ1) is 13.9. The van der Waals surface area contributed by atoms with Crippen molar-refractivity contribution >= 4 is 16.9 Å². The van der Waals surface area contributed by atoms with Gasteiger partial charge in [-0.2, -0.15) is 0 Å². The summed E-state index contributed by atoms with van der Waals surface area (Å²) >= 11 is 1.80. The van der Waals surface area contributed by atoms with Crippen LogP contribution in [0, 0.1) is 11.2 Å². The third-order valence-corrected chi connectivity index (χ3v) is 5.73. The Balaban J connectivity index is 1.64. The van der Waals surface area contributed by atoms with Crippen LogP contribution in [0.15, 0.2) is 29.3 Å². The summed E-state index contributed by atoms with van der Waals surface area (Å²) in [6.07, 6.45) is 5.34. The Kier molecular flexibility index (Phi) is 4.01. The van der Waals surface area contributed by atoms with Crippen molar-refractivity contribution < 1.29 is 4.39 Å². The zero-order chi connectivity index (χ0) is 14.0. The van der Waals surface area contributed by atoms with Crippen molar-refractivity contribution in [2.45, 2.75) is 38.6 Å². The van der Waals surface area contributed by atoms with Gasteiger partial charge < -0.3 is 5.32 Å². The Bertz CT molecular complexity index is 509. The molecule has 1 heterocycles. The first-order valence-electron chi connectivity index (χ1n) is 7.37. The van der Waals surface area contributed by atoms with Crippen molar-refractivity contribution in [2.24, 2.45) is 10.4 Å². The molecule has 1 aliphatic heterocycles. The van der Waals surface area contributed by atoms with Gasteiger partial charge in [0.25, 0.3) is 0 Å². The van der Waals surface area contributed by atoms with Crippen LogP contribution in [0.1, 0.15) is 44.2 Å². The van der Waals surface area contributed by atoms with Gasteiger partial charge in [0.1, 0.15) is 5.82 Å². The number of aliphatic imine (C=N–C) groups is 1. The maximum Gasteiger partial charge on any atom is 0.157 e. The summed E-state index contributed by atoms with van der Waals surface area (Å²) in [6.45, 7) is 2.92. The number of nitrogens with zero attached hydrogens (tertiary/aromatic N) is 1. The van der Waals surface area contributed by atoms with Gasteiger partial charge in [0.15, 0.2) is 5.17 Å². The van der Waals surface area contributed by atoms with Crippen LogP contribution in [0.4, 0.5) is 4.39 Å². The van der Waals surface area contributed by atoms with E-state index in [0.29, 0.717) is 11.0 Å². The predicted molar refractivity (Wildman–Crippen MR) is 83.6 cm³/mol. The Labute approximate surface area is 124 Å². The Morgan fingerprint density at radius 1 is 1.30 bits per heavy atom. The molecule has 1 unspecified atom stereocenters. The number of benzene rings is 1. The molecule has 108 valence electrons. The number of hydrogen-bond donors (Lipinski definition) is 1. The van der Waals surface area contributed by atoms with Crippen LogP contribution in [0.25, 0.3) is 0 Å². The van der Waals surface area contributed by atoms with E-state index in [1.165, 1.54) is 31.7 Å². The summed E-state index contributed by atoms with van der Waals surface area (Å²) in [7, 11) is 0. The molecule has 0 saturated heterocycles. The van der Waals surface area contributed by atoms with E-state index in [9.17, 15) is 4.39 Å². The molecule has 1 aliphatic carbocycles. The second-order valence-electron chi connectivity index (χ2n) is 6.00. The predicted octanol–water partition coefficient (Wildman–Crippen LogP) is 4.14. The monoisotopic (exact) mass is 292 g/mol. The molecule has 2 nitrogen and oxygen atoms in total. The van der Waals surface area contributed by atoms with Gasteiger partial charge in [0.2, 0.25) is 0 Å². The average Bonchev–Trinajstić information content (AvgIpc) is 2.90. The van der Waals surface area contributed by atoms with E-state index in [1.807, 2.05) is 19.1 Å². The molecule has 1 N–H and O–H groups in total. The molecule has 1 saturated carbocycles. The minimum absolute atomic E-state index is 0.0416. The molecule has 1 aromatic carbocycles. The molecule has 0 amide bonds. The fourth-order valence-electron chi connectivity index (χ4n) is 3.16. The quantitative estimate of drug-likeness (QED) is 0.886. The molecule has 0 radical (unpaired) electrons. The standard InChI is InChI=1S/C16H21FN2S/c1-12(13-6-2-3-7-14(13)17)19-15-18-10-16(11-20-15)8-4-5-9-16/h2-3,6-7,12H,4-5,8-11H2,1H3,(H,18,19). The normalized spacial score (nSPS) is 22.6. The van der Waals surface area contributed by atoms with Gasteiger partial charge in [-0.05, 0) is 31.2 Å². The maximum atomic E-state index is 13.7. The van der Waals surface area contributed by atoms with Gasteiger partial charge in [-0.3, -0.25) is 4.99 Å². The van der Waals surface area contributed by atoms with Crippen LogP contribution in [0.3, 0.4) is 0 Å². The van der Waals surface area contributed by atoms with E-state index in [-0.39, 0.29) is 11.9 Å². The molecule has 1 aromatic rings. The third kappa shape index (κ3) is 2.85. The number of amidine groups is 1. The zero-order valence-corrected chi connectivity index (χ0v) is 12.7. The van der Waals surface area contributed by atoms with Crippen LogP contribution in [-0.2, 0) is 0 Å². The minimum atomic E-state index is -0.152. The van der Waals surface area contributed by atoms with E-state index >= 15 is 0 Å². The van der Waals surface area contributed by atoms with E-state index in [4.69, 9.17) is 4.99 Å². The van der Waals surface area contributed by atoms with E-state index in [0.717, 1.165) is 17.5 Å². The summed E-state index contributed by atoms with van der Waals surface area (Å²) in [4.78, 5) is 4.71. The van der Waals surface area contributed by atoms with Gasteiger partial charge in [0, 0.05) is 17.9 Å². The summed E-state index contributed by atoms with van der Waals surface area (Å²) < 4.78 is 13.7. The number of nitrogens with one attached hydrogen (secondary N) is 1. The molecule has 0 aromatic heterocycles. The van der Waals surface area contributed by atoms with Crippen molar-refractivity contribution in [3.05, 3.63) is 35.6 Å². The van der Waals surface area contributed by atoms with Gasteiger partial charge in [-0.25, -0.2) is 4.39 Å². The number of hydrogen-bond acceptors (Lipinski definition) is 3. The molecule has 2 aliphatic rings. The molecule has 20 heavy (non-hydrogen) atoms. The molecular weight excluding hydrogens is 271 g/mol. The first-order chi connectivity index (χ1) is 9.69. The van der Waals surface area contributed by atoms with Gasteiger partial charge in [-0.15, -0.1) is 0 Å². The summed E-state index contributed by atoms with van der Waals surface area (Å²) in [5.41, 5.74) is 1.16. The number of halogens is 1. The average molecular weight is 292 g/mol. The molecule has 1 spiro atoms. The Hall–Kier alpha value is -1.03. The Morgan fingerprint density at radius 3 is 2.70 bits per heavy atom. The van der Waals surface area contributed by atoms with Gasteiger partial charge >= 0.3 is 0 Å². The highest BCUT2D eigenvalue weighted by molar-refractivity contribution is 8.13. The molecule has 4 heteroatoms. The first-order valence-corrected chi connectivity index (χ1v) is 8.35. The molecule has 0 bridgehead atoms. The highest BCUT2D eigenvalue weighted by Crippen LogP contribution is 2.43. The summed E-state index contributed by atoms with van der Waals surface area (Å²) in [5.74, 6) is 1.00. The topological polar surface area (TPSA) is 24.4 Å². The second kappa shape index (κ2) is 5.76. The van der Waals surface area contributed by atoms with Crippen LogP contribution in [0.2, 0.25) is 0 Å². The van der Waals surface area contributed by atoms with Crippen LogP contribution in [0.5, 0.6) is 0 Å². The highest BCUT2D eigenvalue weighted by atomic mass is 32.2. The molecule has 1 atom stereocenters. The van der Waals surface area contributed by atoms with E-state index < -0.39 is 0 Å². The van der Waals surface area contributed by atoms with Gasteiger partial charge in [-0.1, -0.05) is 42.8 Å². The minimum Gasteiger partial charge on any atom is -0.358 e. The zero-order valence-electron chi connectivity index (χ0n) is 11.9. The van der Waals surface area contributed by atoms with Crippen LogP contribution in [-0.4, -0.2) is 17.5 Å². The summed E-state index contributed by atoms with van der Waals surface area (Å²) in [6, 6.07) is 6.90. The fraction of sp³-hybridized carbons (Fsp3) is 0.562. The highest BCUT2D eigenvalue weighted by Gasteiger charge is 2.36. The maximum absolute atomic E-state index is 13.7. The van der Waals surface area contributed by atoms with E-state index in [1.54, 1.807) is 17.8 Å². The lowest BCUT2D eigenvalue weighted by molar-refractivity contribution is 0.358. The lowest BCUT2D eigenvalue weighted by atomic mass is 9.89. The largest absolute Gasteiger partial charge is 0.358 e. The lowest BCUT2D eigenvalue weighted by Crippen LogP contribution is -2.34. The van der Waals surface area contributed by atoms with Crippen molar-refractivity contribution in [2.75, 3.05) is 12.3 Å². The lowest BCUT2D eigenvalue weighted by Gasteiger charge is -2.32. The van der Waals surface area contributed by atoms with Crippen molar-refractivity contribution in [3.8, 4) is 0 Å². The van der Waals surface area contributed by atoms with Crippen molar-refractivity contribution in [1.29, 1.82) is 0 Å². The molecule has 1 fully saturated rings. The number of thioether (sulfide) groups is 1. The van der Waals surface area contributed by atoms with Crippen molar-refractivity contribution in [1.82, 2.24) is 5.32 Å². The van der Waals surface area contributed by atoms with Crippen molar-refractivity contribution in [3.63, 3.8) is 0 Å². The van der Waals surface area contributed by atoms with Crippen LogP contribution >= 0.6 is 11.8 Å².